The molecule has 0 amide bonds. The van der Waals surface area contributed by atoms with Crippen molar-refractivity contribution in [2.75, 3.05) is 0 Å². The van der Waals surface area contributed by atoms with Crippen LogP contribution in [0.5, 0.6) is 5.75 Å². The smallest absolute Gasteiger partial charge is 0.416 e. The van der Waals surface area contributed by atoms with Gasteiger partial charge in [-0.3, -0.25) is 0 Å². The van der Waals surface area contributed by atoms with Crippen molar-refractivity contribution in [3.63, 3.8) is 0 Å². The van der Waals surface area contributed by atoms with Gasteiger partial charge >= 0.3 is 6.18 Å². The third-order valence-electron chi connectivity index (χ3n) is 3.71. The van der Waals surface area contributed by atoms with Crippen molar-refractivity contribution < 1.29 is 17.9 Å². The number of ether oxygens (including phenoxy) is 1. The van der Waals surface area contributed by atoms with Crippen molar-refractivity contribution in [2.24, 2.45) is 0 Å². The summed E-state index contributed by atoms with van der Waals surface area (Å²) in [6, 6.07) is 10.6. The van der Waals surface area contributed by atoms with Crippen molar-refractivity contribution >= 4 is 5.71 Å². The molecule has 2 aromatic rings. The zero-order chi connectivity index (χ0) is 15.7. The van der Waals surface area contributed by atoms with E-state index >= 15 is 0 Å². The first-order chi connectivity index (χ1) is 10.4. The lowest BCUT2D eigenvalue weighted by Crippen LogP contribution is -2.06. The molecule has 114 valence electrons. The highest BCUT2D eigenvalue weighted by Crippen LogP contribution is 2.30. The molecule has 0 radical (unpaired) electrons. The molecule has 1 aliphatic carbocycles. The highest BCUT2D eigenvalue weighted by atomic mass is 19.4. The molecule has 0 saturated heterocycles. The fraction of sp³-hybridized carbons (Fsp3) is 0.235. The number of nitrogens with one attached hydrogen (secondary N) is 1. The maximum Gasteiger partial charge on any atom is 0.416 e. The number of aryl methyl sites for hydroxylation is 1. The summed E-state index contributed by atoms with van der Waals surface area (Å²) < 4.78 is 43.6. The molecule has 22 heavy (non-hydrogen) atoms. The van der Waals surface area contributed by atoms with Gasteiger partial charge in [-0.15, -0.1) is 0 Å². The molecule has 0 saturated carbocycles. The lowest BCUT2D eigenvalue weighted by molar-refractivity contribution is -0.137. The highest BCUT2D eigenvalue weighted by molar-refractivity contribution is 6.02. The molecule has 0 bridgehead atoms. The summed E-state index contributed by atoms with van der Waals surface area (Å²) in [5.74, 6) is 0.617. The molecule has 1 aliphatic rings. The maximum absolute atomic E-state index is 12.7. The van der Waals surface area contributed by atoms with Gasteiger partial charge in [0.15, 0.2) is 0 Å². The second-order valence-corrected chi connectivity index (χ2v) is 5.28. The van der Waals surface area contributed by atoms with Crippen LogP contribution in [0.25, 0.3) is 0 Å². The van der Waals surface area contributed by atoms with E-state index in [9.17, 15) is 13.2 Å². The van der Waals surface area contributed by atoms with Crippen LogP contribution in [0.15, 0.2) is 42.5 Å². The minimum Gasteiger partial charge on any atom is -0.489 e. The molecule has 0 heterocycles. The number of hydrogen-bond acceptors (Lipinski definition) is 2. The Labute approximate surface area is 126 Å². The molecule has 3 rings (SSSR count). The molecular weight excluding hydrogens is 291 g/mol. The molecule has 1 N–H and O–H groups in total. The van der Waals surface area contributed by atoms with Gasteiger partial charge in [0, 0.05) is 5.71 Å². The number of fused-ring (bicyclic) bond motifs is 1. The van der Waals surface area contributed by atoms with Crippen molar-refractivity contribution in [1.29, 1.82) is 5.41 Å². The second kappa shape index (κ2) is 5.48. The van der Waals surface area contributed by atoms with Gasteiger partial charge in [0.25, 0.3) is 0 Å². The van der Waals surface area contributed by atoms with E-state index < -0.39 is 11.7 Å². The fourth-order valence-corrected chi connectivity index (χ4v) is 2.56. The van der Waals surface area contributed by atoms with E-state index in [1.807, 2.05) is 12.1 Å². The van der Waals surface area contributed by atoms with Crippen LogP contribution in [0.2, 0.25) is 0 Å². The third kappa shape index (κ3) is 2.98. The average molecular weight is 305 g/mol. The van der Waals surface area contributed by atoms with Crippen LogP contribution in [-0.4, -0.2) is 5.71 Å². The fourth-order valence-electron chi connectivity index (χ4n) is 2.56. The van der Waals surface area contributed by atoms with Crippen molar-refractivity contribution in [3.8, 4) is 5.75 Å². The van der Waals surface area contributed by atoms with E-state index in [-0.39, 0.29) is 6.61 Å². The van der Waals surface area contributed by atoms with E-state index in [0.717, 1.165) is 36.1 Å². The van der Waals surface area contributed by atoms with Crippen LogP contribution in [0.4, 0.5) is 13.2 Å². The van der Waals surface area contributed by atoms with Crippen LogP contribution in [0.1, 0.15) is 28.7 Å². The average Bonchev–Trinajstić information content (AvgIpc) is 2.86. The standard InChI is InChI=1S/C17H14F3NO/c18-17(19,20)13-3-1-2-11(8-13)10-22-14-5-6-15-12(9-14)4-7-16(15)21/h1-3,5-6,8-9,21H,4,7,10H2. The summed E-state index contributed by atoms with van der Waals surface area (Å²) in [5, 5.41) is 7.77. The molecule has 0 aromatic heterocycles. The van der Waals surface area contributed by atoms with Gasteiger partial charge in [0.1, 0.15) is 12.4 Å². The summed E-state index contributed by atoms with van der Waals surface area (Å²) in [4.78, 5) is 0. The predicted molar refractivity (Wildman–Crippen MR) is 77.4 cm³/mol. The first-order valence-electron chi connectivity index (χ1n) is 6.93. The zero-order valence-corrected chi connectivity index (χ0v) is 11.7. The van der Waals surface area contributed by atoms with Crippen LogP contribution >= 0.6 is 0 Å². The summed E-state index contributed by atoms with van der Waals surface area (Å²) >= 11 is 0. The molecule has 0 unspecified atom stereocenters. The van der Waals surface area contributed by atoms with Crippen LogP contribution < -0.4 is 4.74 Å². The van der Waals surface area contributed by atoms with Gasteiger partial charge in [0.2, 0.25) is 0 Å². The minimum atomic E-state index is -4.34. The number of hydrogen-bond donors (Lipinski definition) is 1. The Balaban J connectivity index is 1.72. The maximum atomic E-state index is 12.7. The summed E-state index contributed by atoms with van der Waals surface area (Å²) in [6.07, 6.45) is -2.80. The Morgan fingerprint density at radius 2 is 1.86 bits per heavy atom. The lowest BCUT2D eigenvalue weighted by Gasteiger charge is -2.11. The van der Waals surface area contributed by atoms with Crippen LogP contribution in [-0.2, 0) is 19.2 Å². The molecule has 0 aliphatic heterocycles. The summed E-state index contributed by atoms with van der Waals surface area (Å²) in [7, 11) is 0. The van der Waals surface area contributed by atoms with E-state index in [2.05, 4.69) is 0 Å². The molecular formula is C17H14F3NO. The molecule has 2 aromatic carbocycles. The Kier molecular flexibility index (Phi) is 3.64. The predicted octanol–water partition coefficient (Wildman–Crippen LogP) is 4.60. The third-order valence-corrected chi connectivity index (χ3v) is 3.71. The zero-order valence-electron chi connectivity index (χ0n) is 11.7. The van der Waals surface area contributed by atoms with Crippen LogP contribution in [0, 0.1) is 5.41 Å². The second-order valence-electron chi connectivity index (χ2n) is 5.28. The Hall–Kier alpha value is -2.30. The molecule has 0 spiro atoms. The van der Waals surface area contributed by atoms with Crippen molar-refractivity contribution in [1.82, 2.24) is 0 Å². The minimum absolute atomic E-state index is 0.0835. The van der Waals surface area contributed by atoms with E-state index in [4.69, 9.17) is 10.1 Å². The van der Waals surface area contributed by atoms with Gasteiger partial charge in [-0.2, -0.15) is 13.2 Å². The normalized spacial score (nSPS) is 14.0. The topological polar surface area (TPSA) is 33.1 Å². The van der Waals surface area contributed by atoms with E-state index in [0.29, 0.717) is 17.0 Å². The molecule has 0 atom stereocenters. The van der Waals surface area contributed by atoms with Gasteiger partial charge < -0.3 is 10.1 Å². The molecule has 2 nitrogen and oxygen atoms in total. The number of rotatable bonds is 3. The first kappa shape index (κ1) is 14.6. The highest BCUT2D eigenvalue weighted by Gasteiger charge is 2.30. The summed E-state index contributed by atoms with van der Waals surface area (Å²) in [5.41, 5.74) is 2.43. The van der Waals surface area contributed by atoms with Gasteiger partial charge in [-0.1, -0.05) is 12.1 Å². The first-order valence-corrected chi connectivity index (χ1v) is 6.93. The largest absolute Gasteiger partial charge is 0.489 e. The van der Waals surface area contributed by atoms with Crippen LogP contribution in [0.3, 0.4) is 0 Å². The Morgan fingerprint density at radius 1 is 1.05 bits per heavy atom. The van der Waals surface area contributed by atoms with Gasteiger partial charge in [-0.05, 0) is 59.9 Å². The Bertz CT molecular complexity index is 722. The summed E-state index contributed by atoms with van der Waals surface area (Å²) in [6.45, 7) is 0.0835. The van der Waals surface area contributed by atoms with E-state index in [1.165, 1.54) is 6.07 Å². The molecule has 5 heteroatoms. The van der Waals surface area contributed by atoms with Crippen molar-refractivity contribution in [2.45, 2.75) is 25.6 Å². The van der Waals surface area contributed by atoms with E-state index in [1.54, 1.807) is 12.1 Å². The SMILES string of the molecule is N=C1CCc2cc(OCc3cccc(C(F)(F)F)c3)ccc21. The number of benzene rings is 2. The molecule has 0 fully saturated rings. The van der Waals surface area contributed by atoms with Crippen molar-refractivity contribution in [3.05, 3.63) is 64.7 Å². The lowest BCUT2D eigenvalue weighted by atomic mass is 10.1. The number of alkyl halides is 3. The Morgan fingerprint density at radius 3 is 2.64 bits per heavy atom. The number of halogens is 3. The van der Waals surface area contributed by atoms with Gasteiger partial charge in [0.05, 0.1) is 5.56 Å². The van der Waals surface area contributed by atoms with Gasteiger partial charge in [-0.25, -0.2) is 0 Å². The quantitative estimate of drug-likeness (QED) is 0.883. The monoisotopic (exact) mass is 305 g/mol.